The molecular formula is C17H25N5O5S. The molecule has 154 valence electrons. The van der Waals surface area contributed by atoms with Gasteiger partial charge in [-0.2, -0.15) is 5.10 Å². The van der Waals surface area contributed by atoms with Crippen LogP contribution in [0.1, 0.15) is 43.5 Å². The topological polar surface area (TPSA) is 120 Å². The highest BCUT2D eigenvalue weighted by atomic mass is 32.2. The van der Waals surface area contributed by atoms with Gasteiger partial charge in [0.1, 0.15) is 17.1 Å². The summed E-state index contributed by atoms with van der Waals surface area (Å²) in [6, 6.07) is 0. The molecule has 3 heterocycles. The van der Waals surface area contributed by atoms with E-state index in [0.29, 0.717) is 24.3 Å². The van der Waals surface area contributed by atoms with Crippen molar-refractivity contribution in [3.63, 3.8) is 0 Å². The van der Waals surface area contributed by atoms with E-state index >= 15 is 0 Å². The van der Waals surface area contributed by atoms with E-state index in [4.69, 9.17) is 9.26 Å². The maximum absolute atomic E-state index is 12.9. The molecule has 0 atom stereocenters. The third-order valence-corrected chi connectivity index (χ3v) is 5.90. The Kier molecular flexibility index (Phi) is 4.90. The van der Waals surface area contributed by atoms with Crippen molar-refractivity contribution < 1.29 is 22.5 Å². The van der Waals surface area contributed by atoms with Crippen LogP contribution in [0.5, 0.6) is 0 Å². The quantitative estimate of drug-likeness (QED) is 0.821. The monoisotopic (exact) mass is 411 g/mol. The van der Waals surface area contributed by atoms with E-state index < -0.39 is 21.7 Å². The van der Waals surface area contributed by atoms with Crippen molar-refractivity contribution in [2.45, 2.75) is 58.1 Å². The van der Waals surface area contributed by atoms with Gasteiger partial charge in [0.05, 0.1) is 12.2 Å². The molecule has 28 heavy (non-hydrogen) atoms. The number of fused-ring (bicyclic) bond motifs is 1. The highest BCUT2D eigenvalue weighted by molar-refractivity contribution is 7.92. The number of aryl methyl sites for hydroxylation is 3. The average Bonchev–Trinajstić information content (AvgIpc) is 3.05. The number of carbonyl (C=O) groups excluding carboxylic acids is 1. The largest absolute Gasteiger partial charge is 0.444 e. The van der Waals surface area contributed by atoms with Crippen molar-refractivity contribution in [1.82, 2.24) is 19.8 Å². The number of nitrogens with zero attached hydrogens (tertiary/aromatic N) is 4. The second-order valence-corrected chi connectivity index (χ2v) is 9.43. The summed E-state index contributed by atoms with van der Waals surface area (Å²) in [6.07, 6.45) is 0.0664. The lowest BCUT2D eigenvalue weighted by Crippen LogP contribution is -2.40. The number of rotatable bonds is 3. The molecule has 0 aliphatic carbocycles. The number of aromatic nitrogens is 3. The number of carbonyl (C=O) groups is 1. The first kappa shape index (κ1) is 20.2. The van der Waals surface area contributed by atoms with Gasteiger partial charge in [0.2, 0.25) is 0 Å². The van der Waals surface area contributed by atoms with Crippen molar-refractivity contribution in [2.24, 2.45) is 7.05 Å². The molecule has 2 aromatic heterocycles. The molecule has 11 heteroatoms. The Bertz CT molecular complexity index is 996. The van der Waals surface area contributed by atoms with E-state index in [9.17, 15) is 13.2 Å². The Morgan fingerprint density at radius 2 is 1.96 bits per heavy atom. The van der Waals surface area contributed by atoms with Crippen molar-refractivity contribution in [2.75, 3.05) is 11.3 Å². The smallest absolute Gasteiger partial charge is 0.410 e. The first-order valence-corrected chi connectivity index (χ1v) is 10.4. The third-order valence-electron chi connectivity index (χ3n) is 4.32. The highest BCUT2D eigenvalue weighted by Crippen LogP contribution is 2.30. The standard InChI is InChI=1S/C17H25N5O5S/c1-10-14(11(2)27-19-10)28(24,25)20-15-12-9-22(16(23)26-17(3,4)5)8-7-13(12)18-21(15)6/h20H,7-9H2,1-6H3. The lowest BCUT2D eigenvalue weighted by molar-refractivity contribution is 0.0224. The number of hydrogen-bond donors (Lipinski definition) is 1. The number of hydrogen-bond acceptors (Lipinski definition) is 7. The van der Waals surface area contributed by atoms with Crippen LogP contribution in [0.25, 0.3) is 0 Å². The van der Waals surface area contributed by atoms with Crippen LogP contribution < -0.4 is 4.72 Å². The van der Waals surface area contributed by atoms with Gasteiger partial charge in [0.25, 0.3) is 10.0 Å². The number of amides is 1. The SMILES string of the molecule is Cc1noc(C)c1S(=O)(=O)Nc1c2c(nn1C)CCN(C(=O)OC(C)(C)C)C2. The Morgan fingerprint density at radius 1 is 1.29 bits per heavy atom. The zero-order chi connectivity index (χ0) is 20.9. The predicted octanol–water partition coefficient (Wildman–Crippen LogP) is 2.12. The second-order valence-electron chi connectivity index (χ2n) is 7.81. The molecule has 0 fully saturated rings. The van der Waals surface area contributed by atoms with E-state index in [1.807, 2.05) is 0 Å². The molecular weight excluding hydrogens is 386 g/mol. The fourth-order valence-electron chi connectivity index (χ4n) is 3.15. The van der Waals surface area contributed by atoms with Gasteiger partial charge in [0, 0.05) is 25.6 Å². The minimum Gasteiger partial charge on any atom is -0.444 e. The molecule has 0 saturated heterocycles. The van der Waals surface area contributed by atoms with Gasteiger partial charge in [-0.25, -0.2) is 13.2 Å². The first-order valence-electron chi connectivity index (χ1n) is 8.87. The Morgan fingerprint density at radius 3 is 2.54 bits per heavy atom. The van der Waals surface area contributed by atoms with Crippen molar-refractivity contribution in [3.8, 4) is 0 Å². The van der Waals surface area contributed by atoms with Crippen LogP contribution in [0.3, 0.4) is 0 Å². The molecule has 3 rings (SSSR count). The summed E-state index contributed by atoms with van der Waals surface area (Å²) >= 11 is 0. The van der Waals surface area contributed by atoms with Crippen LogP contribution in [0, 0.1) is 13.8 Å². The zero-order valence-corrected chi connectivity index (χ0v) is 17.7. The van der Waals surface area contributed by atoms with Gasteiger partial charge in [-0.3, -0.25) is 9.40 Å². The lowest BCUT2D eigenvalue weighted by atomic mass is 10.1. The van der Waals surface area contributed by atoms with Gasteiger partial charge in [-0.05, 0) is 34.6 Å². The lowest BCUT2D eigenvalue weighted by Gasteiger charge is -2.29. The van der Waals surface area contributed by atoms with Gasteiger partial charge < -0.3 is 14.2 Å². The molecule has 0 bridgehead atoms. The Hall–Kier alpha value is -2.56. The molecule has 0 unspecified atom stereocenters. The molecule has 1 amide bonds. The van der Waals surface area contributed by atoms with E-state index in [2.05, 4.69) is 15.0 Å². The highest BCUT2D eigenvalue weighted by Gasteiger charge is 2.32. The van der Waals surface area contributed by atoms with E-state index in [1.54, 1.807) is 39.6 Å². The molecule has 1 aliphatic heterocycles. The van der Waals surface area contributed by atoms with Crippen LogP contribution in [-0.4, -0.2) is 46.5 Å². The van der Waals surface area contributed by atoms with Crippen molar-refractivity contribution in [3.05, 3.63) is 22.7 Å². The molecule has 0 aromatic carbocycles. The Labute approximate surface area is 163 Å². The maximum Gasteiger partial charge on any atom is 0.410 e. The van der Waals surface area contributed by atoms with Gasteiger partial charge >= 0.3 is 6.09 Å². The fraction of sp³-hybridized carbons (Fsp3) is 0.588. The summed E-state index contributed by atoms with van der Waals surface area (Å²) in [7, 11) is -2.27. The maximum atomic E-state index is 12.9. The molecule has 0 saturated carbocycles. The van der Waals surface area contributed by atoms with Crippen LogP contribution in [0.2, 0.25) is 0 Å². The molecule has 10 nitrogen and oxygen atoms in total. The number of anilines is 1. The second kappa shape index (κ2) is 6.80. The average molecular weight is 411 g/mol. The normalized spacial score (nSPS) is 14.7. The summed E-state index contributed by atoms with van der Waals surface area (Å²) in [5, 5.41) is 8.11. The zero-order valence-electron chi connectivity index (χ0n) is 16.9. The van der Waals surface area contributed by atoms with Gasteiger partial charge in [-0.15, -0.1) is 0 Å². The molecule has 0 radical (unpaired) electrons. The van der Waals surface area contributed by atoms with Crippen molar-refractivity contribution >= 4 is 21.9 Å². The van der Waals surface area contributed by atoms with Crippen molar-refractivity contribution in [1.29, 1.82) is 0 Å². The van der Waals surface area contributed by atoms with Crippen LogP contribution in [0.15, 0.2) is 9.42 Å². The minimum atomic E-state index is -3.93. The summed E-state index contributed by atoms with van der Waals surface area (Å²) in [4.78, 5) is 14.0. The molecule has 2 aromatic rings. The molecule has 1 aliphatic rings. The fourth-order valence-corrected chi connectivity index (χ4v) is 4.60. The number of nitrogens with one attached hydrogen (secondary N) is 1. The van der Waals surface area contributed by atoms with E-state index in [1.165, 1.54) is 11.6 Å². The number of ether oxygens (including phenoxy) is 1. The summed E-state index contributed by atoms with van der Waals surface area (Å²) in [6.45, 7) is 9.16. The van der Waals surface area contributed by atoms with Crippen LogP contribution in [-0.2, 0) is 34.8 Å². The predicted molar refractivity (Wildman–Crippen MR) is 100 cm³/mol. The summed E-state index contributed by atoms with van der Waals surface area (Å²) < 4.78 is 40.2. The van der Waals surface area contributed by atoms with Crippen LogP contribution in [0.4, 0.5) is 10.6 Å². The third kappa shape index (κ3) is 3.84. The minimum absolute atomic E-state index is 0.00209. The number of sulfonamides is 1. The summed E-state index contributed by atoms with van der Waals surface area (Å²) in [5.41, 5.74) is 1.06. The van der Waals surface area contributed by atoms with Crippen LogP contribution >= 0.6 is 0 Å². The van der Waals surface area contributed by atoms with Gasteiger partial charge in [-0.1, -0.05) is 5.16 Å². The van der Waals surface area contributed by atoms with E-state index in [0.717, 1.165) is 5.69 Å². The molecule has 1 N–H and O–H groups in total. The summed E-state index contributed by atoms with van der Waals surface area (Å²) in [5.74, 6) is 0.514. The molecule has 0 spiro atoms. The van der Waals surface area contributed by atoms with E-state index in [-0.39, 0.29) is 22.9 Å². The Balaban J connectivity index is 1.90. The van der Waals surface area contributed by atoms with Gasteiger partial charge in [0.15, 0.2) is 10.7 Å². The first-order chi connectivity index (χ1) is 12.9.